The lowest BCUT2D eigenvalue weighted by Gasteiger charge is -2.09. The van der Waals surface area contributed by atoms with Crippen molar-refractivity contribution in [1.82, 2.24) is 10.0 Å². The highest BCUT2D eigenvalue weighted by atomic mass is 32.2. The second-order valence-corrected chi connectivity index (χ2v) is 7.21. The lowest BCUT2D eigenvalue weighted by Crippen LogP contribution is -2.27. The van der Waals surface area contributed by atoms with Gasteiger partial charge in [0.05, 0.1) is 11.5 Å². The highest BCUT2D eigenvalue weighted by Gasteiger charge is 2.15. The normalized spacial score (nSPS) is 10.9. The molecule has 0 aliphatic rings. The molecule has 138 valence electrons. The number of hydrogen-bond acceptors (Lipinski definition) is 4. The van der Waals surface area contributed by atoms with Crippen molar-refractivity contribution >= 4 is 15.9 Å². The van der Waals surface area contributed by atoms with E-state index in [9.17, 15) is 13.2 Å². The van der Waals surface area contributed by atoms with Crippen LogP contribution in [0.5, 0.6) is 5.75 Å². The highest BCUT2D eigenvalue weighted by molar-refractivity contribution is 7.89. The summed E-state index contributed by atoms with van der Waals surface area (Å²) in [5.41, 5.74) is 0.287. The van der Waals surface area contributed by atoms with E-state index >= 15 is 0 Å². The lowest BCUT2D eigenvalue weighted by molar-refractivity contribution is 0.0951. The van der Waals surface area contributed by atoms with Crippen LogP contribution in [0.25, 0.3) is 0 Å². The fraction of sp³-hybridized carbons (Fsp3) is 0.211. The van der Waals surface area contributed by atoms with Gasteiger partial charge in [0.15, 0.2) is 0 Å². The fourth-order valence-corrected chi connectivity index (χ4v) is 3.18. The van der Waals surface area contributed by atoms with Gasteiger partial charge in [-0.3, -0.25) is 4.79 Å². The van der Waals surface area contributed by atoms with Gasteiger partial charge in [-0.05, 0) is 36.8 Å². The van der Waals surface area contributed by atoms with Crippen LogP contribution in [0.3, 0.4) is 0 Å². The number of carbonyl (C=O) groups is 1. The average Bonchev–Trinajstić information content (AvgIpc) is 2.67. The Labute approximate surface area is 153 Å². The molecule has 2 rings (SSSR count). The van der Waals surface area contributed by atoms with Crippen molar-refractivity contribution in [2.45, 2.75) is 11.3 Å². The number of hydrogen-bond donors (Lipinski definition) is 2. The zero-order chi connectivity index (χ0) is 18.8. The Hall–Kier alpha value is -2.64. The Kier molecular flexibility index (Phi) is 7.37. The minimum absolute atomic E-state index is 0.0411. The number of carbonyl (C=O) groups excluding carboxylic acids is 1. The Morgan fingerprint density at radius 2 is 1.88 bits per heavy atom. The van der Waals surface area contributed by atoms with Crippen molar-refractivity contribution in [3.8, 4) is 5.75 Å². The van der Waals surface area contributed by atoms with Gasteiger partial charge in [-0.25, -0.2) is 13.1 Å². The Balaban J connectivity index is 1.84. The third-order valence-corrected chi connectivity index (χ3v) is 4.86. The van der Waals surface area contributed by atoms with Gasteiger partial charge in [-0.1, -0.05) is 30.3 Å². The van der Waals surface area contributed by atoms with Gasteiger partial charge in [0.1, 0.15) is 5.75 Å². The van der Waals surface area contributed by atoms with E-state index in [1.54, 1.807) is 6.07 Å². The van der Waals surface area contributed by atoms with E-state index in [0.29, 0.717) is 19.6 Å². The summed E-state index contributed by atoms with van der Waals surface area (Å²) >= 11 is 0. The Bertz CT molecular complexity index is 836. The fourth-order valence-electron chi connectivity index (χ4n) is 2.14. The van der Waals surface area contributed by atoms with E-state index in [2.05, 4.69) is 16.6 Å². The SMILES string of the molecule is C=CCNS(=O)(=O)c1cccc(C(=O)NCCCOc2ccccc2)c1. The molecule has 2 aromatic carbocycles. The molecule has 0 aliphatic carbocycles. The molecule has 0 saturated heterocycles. The number of benzene rings is 2. The summed E-state index contributed by atoms with van der Waals surface area (Å²) in [7, 11) is -3.66. The van der Waals surface area contributed by atoms with Crippen LogP contribution in [0.4, 0.5) is 0 Å². The zero-order valence-electron chi connectivity index (χ0n) is 14.4. The van der Waals surface area contributed by atoms with E-state index in [1.807, 2.05) is 30.3 Å². The molecular formula is C19H22N2O4S. The molecule has 0 unspecified atom stereocenters. The first-order chi connectivity index (χ1) is 12.5. The molecule has 7 heteroatoms. The van der Waals surface area contributed by atoms with E-state index in [1.165, 1.54) is 24.3 Å². The first kappa shape index (κ1) is 19.7. The van der Waals surface area contributed by atoms with Gasteiger partial charge < -0.3 is 10.1 Å². The third kappa shape index (κ3) is 6.02. The van der Waals surface area contributed by atoms with E-state index < -0.39 is 10.0 Å². The Morgan fingerprint density at radius 3 is 2.62 bits per heavy atom. The summed E-state index contributed by atoms with van der Waals surface area (Å²) in [5.74, 6) is 0.453. The van der Waals surface area contributed by atoms with Crippen molar-refractivity contribution in [2.75, 3.05) is 19.7 Å². The zero-order valence-corrected chi connectivity index (χ0v) is 15.2. The largest absolute Gasteiger partial charge is 0.494 e. The van der Waals surface area contributed by atoms with Gasteiger partial charge in [0, 0.05) is 18.7 Å². The van der Waals surface area contributed by atoms with Crippen molar-refractivity contribution in [3.63, 3.8) is 0 Å². The maximum absolute atomic E-state index is 12.2. The molecule has 0 heterocycles. The number of para-hydroxylation sites is 1. The van der Waals surface area contributed by atoms with Crippen molar-refractivity contribution in [3.05, 3.63) is 72.8 Å². The molecule has 26 heavy (non-hydrogen) atoms. The highest BCUT2D eigenvalue weighted by Crippen LogP contribution is 2.12. The van der Waals surface area contributed by atoms with Crippen LogP contribution in [-0.4, -0.2) is 34.0 Å². The summed E-state index contributed by atoms with van der Waals surface area (Å²) < 4.78 is 32.1. The predicted octanol–water partition coefficient (Wildman–Crippen LogP) is 2.35. The molecule has 0 bridgehead atoms. The molecule has 6 nitrogen and oxygen atoms in total. The quantitative estimate of drug-likeness (QED) is 0.494. The molecule has 1 amide bonds. The van der Waals surface area contributed by atoms with Gasteiger partial charge in [0.25, 0.3) is 5.91 Å². The smallest absolute Gasteiger partial charge is 0.251 e. The van der Waals surface area contributed by atoms with Crippen LogP contribution >= 0.6 is 0 Å². The molecule has 0 fully saturated rings. The minimum atomic E-state index is -3.66. The second kappa shape index (κ2) is 9.74. The minimum Gasteiger partial charge on any atom is -0.494 e. The van der Waals surface area contributed by atoms with Gasteiger partial charge in [-0.15, -0.1) is 6.58 Å². The number of nitrogens with one attached hydrogen (secondary N) is 2. The second-order valence-electron chi connectivity index (χ2n) is 5.44. The first-order valence-corrected chi connectivity index (χ1v) is 9.68. The summed E-state index contributed by atoms with van der Waals surface area (Å²) in [5, 5.41) is 2.76. The van der Waals surface area contributed by atoms with Crippen LogP contribution in [0, 0.1) is 0 Å². The number of rotatable bonds is 10. The molecular weight excluding hydrogens is 352 g/mol. The molecule has 2 aromatic rings. The maximum atomic E-state index is 12.2. The molecule has 0 aromatic heterocycles. The summed E-state index contributed by atoms with van der Waals surface area (Å²) in [6.45, 7) is 4.50. The standard InChI is InChI=1S/C19H22N2O4S/c1-2-12-21-26(23,24)18-11-6-8-16(15-18)19(22)20-13-7-14-25-17-9-4-3-5-10-17/h2-6,8-11,15,21H,1,7,12-14H2,(H,20,22). The number of sulfonamides is 1. The molecule has 0 saturated carbocycles. The van der Waals surface area contributed by atoms with E-state index in [4.69, 9.17) is 4.74 Å². The predicted molar refractivity (Wildman–Crippen MR) is 101 cm³/mol. The molecule has 2 N–H and O–H groups in total. The van der Waals surface area contributed by atoms with E-state index in [0.717, 1.165) is 5.75 Å². The maximum Gasteiger partial charge on any atom is 0.251 e. The summed E-state index contributed by atoms with van der Waals surface area (Å²) in [6, 6.07) is 15.3. The third-order valence-electron chi connectivity index (χ3n) is 3.44. The van der Waals surface area contributed by atoms with Crippen LogP contribution in [0.2, 0.25) is 0 Å². The van der Waals surface area contributed by atoms with Crippen molar-refractivity contribution < 1.29 is 17.9 Å². The number of amides is 1. The van der Waals surface area contributed by atoms with Crippen LogP contribution in [0.1, 0.15) is 16.8 Å². The first-order valence-electron chi connectivity index (χ1n) is 8.19. The molecule has 0 aliphatic heterocycles. The van der Waals surface area contributed by atoms with Gasteiger partial charge in [-0.2, -0.15) is 0 Å². The number of ether oxygens (including phenoxy) is 1. The van der Waals surface area contributed by atoms with Crippen LogP contribution in [-0.2, 0) is 10.0 Å². The van der Waals surface area contributed by atoms with Gasteiger partial charge in [0.2, 0.25) is 10.0 Å². The molecule has 0 atom stereocenters. The summed E-state index contributed by atoms with van der Waals surface area (Å²) in [4.78, 5) is 12.2. The summed E-state index contributed by atoms with van der Waals surface area (Å²) in [6.07, 6.45) is 2.09. The topological polar surface area (TPSA) is 84.5 Å². The van der Waals surface area contributed by atoms with Gasteiger partial charge >= 0.3 is 0 Å². The van der Waals surface area contributed by atoms with Crippen molar-refractivity contribution in [1.29, 1.82) is 0 Å². The monoisotopic (exact) mass is 374 g/mol. The molecule has 0 spiro atoms. The van der Waals surface area contributed by atoms with E-state index in [-0.39, 0.29) is 22.9 Å². The molecule has 0 radical (unpaired) electrons. The Morgan fingerprint density at radius 1 is 1.12 bits per heavy atom. The lowest BCUT2D eigenvalue weighted by atomic mass is 10.2. The average molecular weight is 374 g/mol. The van der Waals surface area contributed by atoms with Crippen molar-refractivity contribution in [2.24, 2.45) is 0 Å². The van der Waals surface area contributed by atoms with Crippen LogP contribution in [0.15, 0.2) is 72.1 Å². The van der Waals surface area contributed by atoms with Crippen LogP contribution < -0.4 is 14.8 Å².